The molecule has 0 amide bonds. The average molecular weight is 353 g/mol. The zero-order valence-electron chi connectivity index (χ0n) is 12.7. The molecule has 0 fully saturated rings. The quantitative estimate of drug-likeness (QED) is 0.414. The van der Waals surface area contributed by atoms with Crippen LogP contribution in [0.15, 0.2) is 89.1 Å². The summed E-state index contributed by atoms with van der Waals surface area (Å²) in [5.74, 6) is 0. The Morgan fingerprint density at radius 2 is 1.33 bits per heavy atom. The predicted molar refractivity (Wildman–Crippen MR) is 103 cm³/mol. The van der Waals surface area contributed by atoms with Crippen LogP contribution in [0.1, 0.15) is 16.7 Å². The highest BCUT2D eigenvalue weighted by atomic mass is 35.5. The molecule has 0 aliphatic carbocycles. The Kier molecular flexibility index (Phi) is 5.42. The first-order valence-electron chi connectivity index (χ1n) is 7.41. The summed E-state index contributed by atoms with van der Waals surface area (Å²) in [4.78, 5) is 0. The molecule has 0 N–H and O–H groups in total. The van der Waals surface area contributed by atoms with E-state index in [1.165, 1.54) is 0 Å². The summed E-state index contributed by atoms with van der Waals surface area (Å²) < 4.78 is 0. The highest BCUT2D eigenvalue weighted by Crippen LogP contribution is 2.19. The van der Waals surface area contributed by atoms with Gasteiger partial charge in [-0.1, -0.05) is 89.9 Å². The average Bonchev–Trinajstić information content (AvgIpc) is 2.62. The Morgan fingerprint density at radius 1 is 0.750 bits per heavy atom. The molecule has 24 heavy (non-hydrogen) atoms. The number of hydrogen-bond donors (Lipinski definition) is 0. The molecule has 0 radical (unpaired) electrons. The summed E-state index contributed by atoms with van der Waals surface area (Å²) in [5, 5.41) is 9.77. The van der Waals surface area contributed by atoms with E-state index in [9.17, 15) is 0 Å². The zero-order valence-corrected chi connectivity index (χ0v) is 14.2. The van der Waals surface area contributed by atoms with Gasteiger partial charge in [0.05, 0.1) is 11.2 Å². The molecule has 2 nitrogen and oxygen atoms in total. The minimum absolute atomic E-state index is 0.544. The third-order valence-electron chi connectivity index (χ3n) is 3.41. The second-order valence-electron chi connectivity index (χ2n) is 5.09. The largest absolute Gasteiger partial charge is 0.158 e. The number of rotatable bonds is 4. The first-order chi connectivity index (χ1) is 11.7. The van der Waals surface area contributed by atoms with E-state index in [-0.39, 0.29) is 0 Å². The van der Waals surface area contributed by atoms with Crippen molar-refractivity contribution < 1.29 is 0 Å². The molecule has 118 valence electrons. The number of halogens is 2. The fourth-order valence-electron chi connectivity index (χ4n) is 2.23. The fraction of sp³-hybridized carbons (Fsp3) is 0. The van der Waals surface area contributed by atoms with Crippen LogP contribution in [0.3, 0.4) is 0 Å². The van der Waals surface area contributed by atoms with E-state index in [2.05, 4.69) is 10.2 Å². The van der Waals surface area contributed by atoms with Crippen molar-refractivity contribution in [1.29, 1.82) is 0 Å². The van der Waals surface area contributed by atoms with Crippen LogP contribution in [-0.2, 0) is 0 Å². The number of hydrogen-bond acceptors (Lipinski definition) is 2. The molecule has 3 aromatic carbocycles. The molecule has 3 aromatic rings. The summed E-state index contributed by atoms with van der Waals surface area (Å²) in [7, 11) is 0. The summed E-state index contributed by atoms with van der Waals surface area (Å²) >= 11 is 12.1. The summed E-state index contributed by atoms with van der Waals surface area (Å²) in [5.41, 5.74) is 3.58. The summed E-state index contributed by atoms with van der Waals surface area (Å²) in [6, 6.07) is 25.2. The Balaban J connectivity index is 1.97. The van der Waals surface area contributed by atoms with Crippen molar-refractivity contribution in [3.05, 3.63) is 106 Å². The van der Waals surface area contributed by atoms with Crippen molar-refractivity contribution in [3.63, 3.8) is 0 Å². The molecule has 0 saturated carbocycles. The van der Waals surface area contributed by atoms with Crippen LogP contribution in [0, 0.1) is 0 Å². The third kappa shape index (κ3) is 4.10. The van der Waals surface area contributed by atoms with Gasteiger partial charge in [0.15, 0.2) is 0 Å². The van der Waals surface area contributed by atoms with Gasteiger partial charge in [-0.15, -0.1) is 5.10 Å². The maximum Gasteiger partial charge on any atom is 0.100 e. The van der Waals surface area contributed by atoms with Crippen LogP contribution in [0.2, 0.25) is 10.0 Å². The van der Waals surface area contributed by atoms with Crippen molar-refractivity contribution in [2.45, 2.75) is 0 Å². The topological polar surface area (TPSA) is 24.7 Å². The van der Waals surface area contributed by atoms with Gasteiger partial charge in [0.1, 0.15) is 5.71 Å². The number of benzene rings is 3. The van der Waals surface area contributed by atoms with Crippen LogP contribution in [-0.4, -0.2) is 11.9 Å². The van der Waals surface area contributed by atoms with Gasteiger partial charge in [0, 0.05) is 21.7 Å². The molecule has 0 atom stereocenters. The molecule has 3 rings (SSSR count). The summed E-state index contributed by atoms with van der Waals surface area (Å²) in [6.45, 7) is 0. The molecule has 0 spiro atoms. The lowest BCUT2D eigenvalue weighted by Crippen LogP contribution is -2.02. The minimum Gasteiger partial charge on any atom is -0.158 e. The molecular formula is C20H14Cl2N2. The van der Waals surface area contributed by atoms with E-state index >= 15 is 0 Å². The molecule has 0 aliphatic heterocycles. The second-order valence-corrected chi connectivity index (χ2v) is 5.93. The fourth-order valence-corrected chi connectivity index (χ4v) is 2.69. The molecule has 0 bridgehead atoms. The van der Waals surface area contributed by atoms with Gasteiger partial charge in [-0.25, -0.2) is 0 Å². The van der Waals surface area contributed by atoms with Crippen molar-refractivity contribution in [2.75, 3.05) is 0 Å². The Labute approximate surface area is 151 Å². The highest BCUT2D eigenvalue weighted by Gasteiger charge is 2.06. The maximum atomic E-state index is 6.15. The Bertz CT molecular complexity index is 831. The van der Waals surface area contributed by atoms with Gasteiger partial charge >= 0.3 is 0 Å². The number of nitrogens with zero attached hydrogens (tertiary/aromatic N) is 2. The van der Waals surface area contributed by atoms with Crippen molar-refractivity contribution >= 4 is 35.1 Å². The van der Waals surface area contributed by atoms with E-state index in [0.717, 1.165) is 22.4 Å². The monoisotopic (exact) mass is 352 g/mol. The third-order valence-corrected chi connectivity index (χ3v) is 3.97. The lowest BCUT2D eigenvalue weighted by atomic mass is 10.0. The molecule has 0 aromatic heterocycles. The molecule has 0 aliphatic rings. The second kappa shape index (κ2) is 7.91. The molecule has 0 unspecified atom stereocenters. The molecule has 0 saturated heterocycles. The lowest BCUT2D eigenvalue weighted by molar-refractivity contribution is 1.24. The lowest BCUT2D eigenvalue weighted by Gasteiger charge is -2.05. The van der Waals surface area contributed by atoms with Crippen molar-refractivity contribution in [3.8, 4) is 0 Å². The predicted octanol–water partition coefficient (Wildman–Crippen LogP) is 5.86. The van der Waals surface area contributed by atoms with Crippen LogP contribution in [0.5, 0.6) is 0 Å². The van der Waals surface area contributed by atoms with Crippen LogP contribution in [0.25, 0.3) is 0 Å². The first-order valence-corrected chi connectivity index (χ1v) is 8.16. The van der Waals surface area contributed by atoms with E-state index in [1.54, 1.807) is 18.3 Å². The van der Waals surface area contributed by atoms with E-state index in [4.69, 9.17) is 23.2 Å². The Morgan fingerprint density at radius 3 is 1.88 bits per heavy atom. The van der Waals surface area contributed by atoms with Gasteiger partial charge in [0.25, 0.3) is 0 Å². The smallest absolute Gasteiger partial charge is 0.100 e. The highest BCUT2D eigenvalue weighted by molar-refractivity contribution is 6.36. The molecule has 4 heteroatoms. The van der Waals surface area contributed by atoms with Crippen LogP contribution in [0.4, 0.5) is 0 Å². The first kappa shape index (κ1) is 16.4. The van der Waals surface area contributed by atoms with Gasteiger partial charge < -0.3 is 0 Å². The van der Waals surface area contributed by atoms with Gasteiger partial charge in [0.2, 0.25) is 0 Å². The van der Waals surface area contributed by atoms with Crippen molar-refractivity contribution in [1.82, 2.24) is 0 Å². The maximum absolute atomic E-state index is 6.15. The Hall–Kier alpha value is -2.42. The molecular weight excluding hydrogens is 339 g/mol. The molecule has 0 heterocycles. The standard InChI is InChI=1S/C20H14Cl2N2/c21-18-12-11-17(19(22)13-18)14-23-24-20(15-7-3-1-4-8-15)16-9-5-2-6-10-16/h1-14H. The van der Waals surface area contributed by atoms with Gasteiger partial charge in [-0.2, -0.15) is 5.10 Å². The van der Waals surface area contributed by atoms with Crippen molar-refractivity contribution in [2.24, 2.45) is 10.2 Å². The van der Waals surface area contributed by atoms with Gasteiger partial charge in [-0.3, -0.25) is 0 Å². The SMILES string of the molecule is Clc1ccc(C=NN=C(c2ccccc2)c2ccccc2)c(Cl)c1. The zero-order chi connectivity index (χ0) is 16.8. The normalized spacial score (nSPS) is 10.8. The van der Waals surface area contributed by atoms with Crippen LogP contribution < -0.4 is 0 Å². The summed E-state index contributed by atoms with van der Waals surface area (Å²) in [6.07, 6.45) is 1.63. The van der Waals surface area contributed by atoms with E-state index < -0.39 is 0 Å². The van der Waals surface area contributed by atoms with E-state index in [1.807, 2.05) is 66.7 Å². The van der Waals surface area contributed by atoms with E-state index in [0.29, 0.717) is 10.0 Å². The minimum atomic E-state index is 0.544. The van der Waals surface area contributed by atoms with Gasteiger partial charge in [-0.05, 0) is 12.1 Å². The van der Waals surface area contributed by atoms with Crippen LogP contribution >= 0.6 is 23.2 Å².